The molecule has 1 aliphatic heterocycles. The molecule has 1 saturated carbocycles. The molecule has 2 rings (SSSR count). The summed E-state index contributed by atoms with van der Waals surface area (Å²) in [6.07, 6.45) is 9.24. The first-order chi connectivity index (χ1) is 9.24. The molecule has 2 aliphatic rings. The summed E-state index contributed by atoms with van der Waals surface area (Å²) in [6.45, 7) is 4.22. The van der Waals surface area contributed by atoms with Crippen LogP contribution in [0.2, 0.25) is 0 Å². The molecule has 110 valence electrons. The van der Waals surface area contributed by atoms with Gasteiger partial charge in [0.05, 0.1) is 6.61 Å². The lowest BCUT2D eigenvalue weighted by Crippen LogP contribution is -2.57. The molecule has 0 aromatic rings. The molecule has 1 heterocycles. The van der Waals surface area contributed by atoms with Crippen LogP contribution in [0.15, 0.2) is 0 Å². The minimum Gasteiger partial charge on any atom is -0.381 e. The molecule has 1 spiro atoms. The van der Waals surface area contributed by atoms with Crippen LogP contribution in [0.25, 0.3) is 0 Å². The zero-order chi connectivity index (χ0) is 13.6. The Labute approximate surface area is 116 Å². The molecule has 0 aromatic carbocycles. The van der Waals surface area contributed by atoms with Gasteiger partial charge in [-0.1, -0.05) is 19.3 Å². The normalized spacial score (nSPS) is 26.3. The molecule has 0 bridgehead atoms. The molecule has 4 heteroatoms. The van der Waals surface area contributed by atoms with E-state index < -0.39 is 0 Å². The highest BCUT2D eigenvalue weighted by atomic mass is 16.5. The van der Waals surface area contributed by atoms with Crippen molar-refractivity contribution in [1.29, 1.82) is 0 Å². The predicted molar refractivity (Wildman–Crippen MR) is 76.1 cm³/mol. The van der Waals surface area contributed by atoms with Crippen molar-refractivity contribution < 1.29 is 9.53 Å². The van der Waals surface area contributed by atoms with Crippen LogP contribution in [0.4, 0.5) is 0 Å². The SMILES string of the molecule is CCOCCC(=O)NC1CCNC2(CCCCC2)C1. The van der Waals surface area contributed by atoms with E-state index in [4.69, 9.17) is 4.74 Å². The van der Waals surface area contributed by atoms with E-state index in [1.165, 1.54) is 32.1 Å². The van der Waals surface area contributed by atoms with Gasteiger partial charge in [-0.2, -0.15) is 0 Å². The van der Waals surface area contributed by atoms with Gasteiger partial charge >= 0.3 is 0 Å². The lowest BCUT2D eigenvalue weighted by atomic mass is 9.75. The first kappa shape index (κ1) is 14.8. The van der Waals surface area contributed by atoms with Crippen LogP contribution in [-0.4, -0.2) is 37.2 Å². The molecule has 19 heavy (non-hydrogen) atoms. The molecule has 1 atom stereocenters. The number of carbonyl (C=O) groups is 1. The monoisotopic (exact) mass is 268 g/mol. The molecule has 4 nitrogen and oxygen atoms in total. The second-order valence-electron chi connectivity index (χ2n) is 5.97. The average Bonchev–Trinajstić information content (AvgIpc) is 2.40. The fraction of sp³-hybridized carbons (Fsp3) is 0.933. The van der Waals surface area contributed by atoms with E-state index in [0.717, 1.165) is 19.4 Å². The van der Waals surface area contributed by atoms with E-state index in [9.17, 15) is 4.79 Å². The Morgan fingerprint density at radius 2 is 2.16 bits per heavy atom. The topological polar surface area (TPSA) is 50.4 Å². The van der Waals surface area contributed by atoms with Crippen molar-refractivity contribution in [2.75, 3.05) is 19.8 Å². The van der Waals surface area contributed by atoms with Gasteiger partial charge in [-0.25, -0.2) is 0 Å². The Bertz CT molecular complexity index is 282. The zero-order valence-electron chi connectivity index (χ0n) is 12.2. The fourth-order valence-electron chi connectivity index (χ4n) is 3.50. The summed E-state index contributed by atoms with van der Waals surface area (Å²) >= 11 is 0. The molecule has 0 radical (unpaired) electrons. The first-order valence-electron chi connectivity index (χ1n) is 7.86. The maximum atomic E-state index is 11.8. The highest BCUT2D eigenvalue weighted by Gasteiger charge is 2.37. The third-order valence-corrected chi connectivity index (χ3v) is 4.48. The minimum absolute atomic E-state index is 0.145. The summed E-state index contributed by atoms with van der Waals surface area (Å²) in [5.74, 6) is 0.145. The maximum Gasteiger partial charge on any atom is 0.222 e. The largest absolute Gasteiger partial charge is 0.381 e. The van der Waals surface area contributed by atoms with Crippen LogP contribution >= 0.6 is 0 Å². The number of rotatable bonds is 5. The molecular formula is C15H28N2O2. The lowest BCUT2D eigenvalue weighted by molar-refractivity contribution is -0.123. The molecule has 1 saturated heterocycles. The average molecular weight is 268 g/mol. The Morgan fingerprint density at radius 1 is 1.37 bits per heavy atom. The van der Waals surface area contributed by atoms with Gasteiger partial charge in [-0.15, -0.1) is 0 Å². The van der Waals surface area contributed by atoms with Gasteiger partial charge in [-0.05, 0) is 39.2 Å². The molecule has 0 aromatic heterocycles. The summed E-state index contributed by atoms with van der Waals surface area (Å²) in [6, 6.07) is 0.355. The summed E-state index contributed by atoms with van der Waals surface area (Å²) < 4.78 is 5.23. The van der Waals surface area contributed by atoms with Crippen molar-refractivity contribution in [2.24, 2.45) is 0 Å². The van der Waals surface area contributed by atoms with Gasteiger partial charge in [0, 0.05) is 24.6 Å². The Hall–Kier alpha value is -0.610. The van der Waals surface area contributed by atoms with Crippen molar-refractivity contribution in [1.82, 2.24) is 10.6 Å². The Balaban J connectivity index is 1.75. The van der Waals surface area contributed by atoms with E-state index >= 15 is 0 Å². The van der Waals surface area contributed by atoms with Crippen LogP contribution < -0.4 is 10.6 Å². The summed E-state index contributed by atoms with van der Waals surface area (Å²) in [5, 5.41) is 6.90. The van der Waals surface area contributed by atoms with Crippen LogP contribution in [0.1, 0.15) is 58.3 Å². The van der Waals surface area contributed by atoms with Crippen molar-refractivity contribution in [2.45, 2.75) is 69.9 Å². The third kappa shape index (κ3) is 4.46. The van der Waals surface area contributed by atoms with Gasteiger partial charge in [-0.3, -0.25) is 4.79 Å². The smallest absolute Gasteiger partial charge is 0.222 e. The second kappa shape index (κ2) is 7.25. The highest BCUT2D eigenvalue weighted by Crippen LogP contribution is 2.34. The van der Waals surface area contributed by atoms with Crippen molar-refractivity contribution >= 4 is 5.91 Å². The third-order valence-electron chi connectivity index (χ3n) is 4.48. The molecule has 1 amide bonds. The first-order valence-corrected chi connectivity index (χ1v) is 7.86. The van der Waals surface area contributed by atoms with E-state index in [0.29, 0.717) is 31.2 Å². The van der Waals surface area contributed by atoms with Gasteiger partial charge in [0.15, 0.2) is 0 Å². The molecular weight excluding hydrogens is 240 g/mol. The highest BCUT2D eigenvalue weighted by molar-refractivity contribution is 5.76. The predicted octanol–water partition coefficient (Wildman–Crippen LogP) is 1.98. The van der Waals surface area contributed by atoms with Crippen LogP contribution in [0.5, 0.6) is 0 Å². The number of nitrogens with one attached hydrogen (secondary N) is 2. The van der Waals surface area contributed by atoms with Gasteiger partial charge in [0.1, 0.15) is 0 Å². The summed E-state index contributed by atoms with van der Waals surface area (Å²) in [7, 11) is 0. The van der Waals surface area contributed by atoms with E-state index in [2.05, 4.69) is 10.6 Å². The Kier molecular flexibility index (Phi) is 5.64. The zero-order valence-corrected chi connectivity index (χ0v) is 12.2. The molecule has 2 fully saturated rings. The van der Waals surface area contributed by atoms with Crippen molar-refractivity contribution in [3.05, 3.63) is 0 Å². The standard InChI is InChI=1S/C15H28N2O2/c1-2-19-11-7-14(18)17-13-6-10-16-15(12-13)8-4-3-5-9-15/h13,16H,2-12H2,1H3,(H,17,18). The van der Waals surface area contributed by atoms with Crippen molar-refractivity contribution in [3.8, 4) is 0 Å². The van der Waals surface area contributed by atoms with Gasteiger partial charge in [0.2, 0.25) is 5.91 Å². The number of piperidine rings is 1. The molecule has 1 aliphatic carbocycles. The van der Waals surface area contributed by atoms with Crippen LogP contribution in [0, 0.1) is 0 Å². The van der Waals surface area contributed by atoms with Gasteiger partial charge < -0.3 is 15.4 Å². The quantitative estimate of drug-likeness (QED) is 0.750. The minimum atomic E-state index is 0.145. The maximum absolute atomic E-state index is 11.8. The molecule has 2 N–H and O–H groups in total. The number of carbonyl (C=O) groups excluding carboxylic acids is 1. The summed E-state index contributed by atoms with van der Waals surface area (Å²) in [5.41, 5.74) is 0.314. The number of amides is 1. The lowest BCUT2D eigenvalue weighted by Gasteiger charge is -2.44. The molecule has 1 unspecified atom stereocenters. The van der Waals surface area contributed by atoms with E-state index in [1.807, 2.05) is 6.92 Å². The van der Waals surface area contributed by atoms with E-state index in [-0.39, 0.29) is 5.91 Å². The summed E-state index contributed by atoms with van der Waals surface area (Å²) in [4.78, 5) is 11.8. The second-order valence-corrected chi connectivity index (χ2v) is 5.97. The number of hydrogen-bond acceptors (Lipinski definition) is 3. The number of hydrogen-bond donors (Lipinski definition) is 2. The fourth-order valence-corrected chi connectivity index (χ4v) is 3.50. The van der Waals surface area contributed by atoms with Crippen molar-refractivity contribution in [3.63, 3.8) is 0 Å². The number of ether oxygens (including phenoxy) is 1. The van der Waals surface area contributed by atoms with Crippen LogP contribution in [0.3, 0.4) is 0 Å². The van der Waals surface area contributed by atoms with Gasteiger partial charge in [0.25, 0.3) is 0 Å². The van der Waals surface area contributed by atoms with Crippen LogP contribution in [-0.2, 0) is 9.53 Å². The Morgan fingerprint density at radius 3 is 2.89 bits per heavy atom. The van der Waals surface area contributed by atoms with E-state index in [1.54, 1.807) is 0 Å².